The van der Waals surface area contributed by atoms with Crippen LogP contribution in [0.1, 0.15) is 16.4 Å². The van der Waals surface area contributed by atoms with Crippen LogP contribution in [-0.4, -0.2) is 19.8 Å². The van der Waals surface area contributed by atoms with Gasteiger partial charge in [-0.25, -0.2) is 0 Å². The summed E-state index contributed by atoms with van der Waals surface area (Å²) in [5, 5.41) is 11.4. The maximum absolute atomic E-state index is 11.5. The molecule has 3 aromatic rings. The number of carboxylic acid groups (broad SMARTS) is 1. The lowest BCUT2D eigenvalue weighted by atomic mass is 9.95. The van der Waals surface area contributed by atoms with Gasteiger partial charge in [-0.3, -0.25) is 4.79 Å². The fourth-order valence-corrected chi connectivity index (χ4v) is 3.26. The molecule has 0 aliphatic carbocycles. The normalized spacial score (nSPS) is 12.6. The molecule has 0 radical (unpaired) electrons. The van der Waals surface area contributed by atoms with Crippen molar-refractivity contribution < 1.29 is 9.90 Å². The van der Waals surface area contributed by atoms with Crippen LogP contribution in [0.5, 0.6) is 0 Å². The van der Waals surface area contributed by atoms with E-state index < -0.39 is 11.9 Å². The molecule has 6 heteroatoms. The first-order valence-electron chi connectivity index (χ1n) is 5.71. The van der Waals surface area contributed by atoms with Crippen molar-refractivity contribution in [3.63, 3.8) is 0 Å². The minimum absolute atomic E-state index is 0.510. The van der Waals surface area contributed by atoms with Crippen LogP contribution >= 0.6 is 23.1 Å². The summed E-state index contributed by atoms with van der Waals surface area (Å²) in [6.45, 7) is 0. The number of thiophene rings is 1. The number of aromatic nitrogens is 2. The van der Waals surface area contributed by atoms with Crippen LogP contribution in [0.15, 0.2) is 35.7 Å². The van der Waals surface area contributed by atoms with Crippen LogP contribution < -0.4 is 0 Å². The van der Waals surface area contributed by atoms with Gasteiger partial charge in [0, 0.05) is 4.88 Å². The minimum Gasteiger partial charge on any atom is -0.481 e. The van der Waals surface area contributed by atoms with E-state index in [1.54, 1.807) is 11.3 Å². The zero-order chi connectivity index (χ0) is 13.2. The van der Waals surface area contributed by atoms with Crippen LogP contribution in [0.3, 0.4) is 0 Å². The highest BCUT2D eigenvalue weighted by molar-refractivity contribution is 7.09. The molecule has 96 valence electrons. The molecule has 0 spiro atoms. The van der Waals surface area contributed by atoms with Gasteiger partial charge >= 0.3 is 5.97 Å². The lowest BCUT2D eigenvalue weighted by molar-refractivity contribution is -0.138. The van der Waals surface area contributed by atoms with E-state index in [2.05, 4.69) is 8.75 Å². The van der Waals surface area contributed by atoms with Gasteiger partial charge in [0.2, 0.25) is 0 Å². The summed E-state index contributed by atoms with van der Waals surface area (Å²) in [6.07, 6.45) is 0.510. The quantitative estimate of drug-likeness (QED) is 0.801. The molecule has 0 aliphatic rings. The first-order valence-corrected chi connectivity index (χ1v) is 7.32. The van der Waals surface area contributed by atoms with E-state index in [1.165, 1.54) is 0 Å². The number of benzene rings is 1. The lowest BCUT2D eigenvalue weighted by Gasteiger charge is -2.11. The number of carboxylic acids is 1. The zero-order valence-electron chi connectivity index (χ0n) is 9.81. The van der Waals surface area contributed by atoms with Gasteiger partial charge in [0.25, 0.3) is 0 Å². The Balaban J connectivity index is 1.96. The molecular weight excluding hydrogens is 280 g/mol. The molecule has 0 aliphatic heterocycles. The largest absolute Gasteiger partial charge is 0.481 e. The average molecular weight is 290 g/mol. The van der Waals surface area contributed by atoms with Crippen LogP contribution in [0.25, 0.3) is 11.0 Å². The predicted molar refractivity (Wildman–Crippen MR) is 75.8 cm³/mol. The van der Waals surface area contributed by atoms with Crippen molar-refractivity contribution in [1.82, 2.24) is 8.75 Å². The number of rotatable bonds is 4. The fraction of sp³-hybridized carbons (Fsp3) is 0.154. The SMILES string of the molecule is O=C(O)C(Cc1cccs1)c1ccc2nsnc2c1. The van der Waals surface area contributed by atoms with Gasteiger partial charge in [0.1, 0.15) is 11.0 Å². The average Bonchev–Trinajstić information content (AvgIpc) is 3.05. The maximum Gasteiger partial charge on any atom is 0.311 e. The third-order valence-corrected chi connectivity index (χ3v) is 4.42. The van der Waals surface area contributed by atoms with Crippen LogP contribution in [0.2, 0.25) is 0 Å². The molecule has 19 heavy (non-hydrogen) atoms. The van der Waals surface area contributed by atoms with E-state index >= 15 is 0 Å². The second-order valence-corrected chi connectivity index (χ2v) is 5.75. The van der Waals surface area contributed by atoms with E-state index in [0.717, 1.165) is 33.2 Å². The Morgan fingerprint density at radius 2 is 2.11 bits per heavy atom. The molecule has 1 unspecified atom stereocenters. The first-order chi connectivity index (χ1) is 9.24. The monoisotopic (exact) mass is 290 g/mol. The molecule has 0 saturated carbocycles. The molecule has 1 aromatic carbocycles. The van der Waals surface area contributed by atoms with E-state index in [4.69, 9.17) is 0 Å². The highest BCUT2D eigenvalue weighted by Crippen LogP contribution is 2.26. The summed E-state index contributed by atoms with van der Waals surface area (Å²) >= 11 is 2.72. The van der Waals surface area contributed by atoms with Gasteiger partial charge in [-0.2, -0.15) is 8.75 Å². The van der Waals surface area contributed by atoms with Gasteiger partial charge in [-0.05, 0) is 35.6 Å². The number of hydrogen-bond donors (Lipinski definition) is 1. The molecule has 2 aromatic heterocycles. The molecule has 0 bridgehead atoms. The molecule has 1 N–H and O–H groups in total. The summed E-state index contributed by atoms with van der Waals surface area (Å²) in [5.41, 5.74) is 2.36. The van der Waals surface area contributed by atoms with Crippen molar-refractivity contribution >= 4 is 40.1 Å². The van der Waals surface area contributed by atoms with Crippen molar-refractivity contribution in [1.29, 1.82) is 0 Å². The van der Waals surface area contributed by atoms with Gasteiger partial charge < -0.3 is 5.11 Å². The Morgan fingerprint density at radius 3 is 2.84 bits per heavy atom. The Bertz CT molecular complexity index is 706. The van der Waals surface area contributed by atoms with Crippen molar-refractivity contribution in [3.8, 4) is 0 Å². The highest BCUT2D eigenvalue weighted by atomic mass is 32.1. The molecule has 0 saturated heterocycles. The first kappa shape index (κ1) is 12.3. The molecule has 3 rings (SSSR count). The van der Waals surface area contributed by atoms with Gasteiger partial charge in [-0.15, -0.1) is 11.3 Å². The van der Waals surface area contributed by atoms with E-state index in [-0.39, 0.29) is 0 Å². The summed E-state index contributed by atoms with van der Waals surface area (Å²) in [5.74, 6) is -1.35. The number of hydrogen-bond acceptors (Lipinski definition) is 5. The standard InChI is InChI=1S/C13H10N2O2S2/c16-13(17)10(7-9-2-1-5-18-9)8-3-4-11-12(6-8)15-19-14-11/h1-6,10H,7H2,(H,16,17). The lowest BCUT2D eigenvalue weighted by Crippen LogP contribution is -2.13. The number of nitrogens with zero attached hydrogens (tertiary/aromatic N) is 2. The van der Waals surface area contributed by atoms with Gasteiger partial charge in [0.05, 0.1) is 17.6 Å². The topological polar surface area (TPSA) is 63.1 Å². The Hall–Kier alpha value is -1.79. The number of fused-ring (bicyclic) bond motifs is 1. The molecule has 1 atom stereocenters. The third-order valence-electron chi connectivity index (χ3n) is 2.96. The second-order valence-electron chi connectivity index (χ2n) is 4.19. The fourth-order valence-electron chi connectivity index (χ4n) is 1.99. The number of aliphatic carboxylic acids is 1. The Morgan fingerprint density at radius 1 is 1.26 bits per heavy atom. The van der Waals surface area contributed by atoms with Crippen LogP contribution in [0.4, 0.5) is 0 Å². The summed E-state index contributed by atoms with van der Waals surface area (Å²) in [7, 11) is 0. The van der Waals surface area contributed by atoms with Crippen LogP contribution in [0, 0.1) is 0 Å². The Labute approximate surface area is 117 Å². The molecule has 4 nitrogen and oxygen atoms in total. The summed E-state index contributed by atoms with van der Waals surface area (Å²) < 4.78 is 8.28. The number of carbonyl (C=O) groups is 1. The molecule has 2 heterocycles. The van der Waals surface area contributed by atoms with E-state index in [9.17, 15) is 9.90 Å². The Kier molecular flexibility index (Phi) is 3.27. The van der Waals surface area contributed by atoms with Gasteiger partial charge in [-0.1, -0.05) is 12.1 Å². The molecule has 0 amide bonds. The second kappa shape index (κ2) is 5.07. The minimum atomic E-state index is -0.809. The summed E-state index contributed by atoms with van der Waals surface area (Å²) in [4.78, 5) is 12.5. The van der Waals surface area contributed by atoms with E-state index in [0.29, 0.717) is 6.42 Å². The van der Waals surface area contributed by atoms with Crippen molar-refractivity contribution in [3.05, 3.63) is 46.2 Å². The summed E-state index contributed by atoms with van der Waals surface area (Å²) in [6, 6.07) is 9.38. The predicted octanol–water partition coefficient (Wildman–Crippen LogP) is 3.16. The van der Waals surface area contributed by atoms with Crippen molar-refractivity contribution in [2.24, 2.45) is 0 Å². The van der Waals surface area contributed by atoms with Crippen LogP contribution in [-0.2, 0) is 11.2 Å². The van der Waals surface area contributed by atoms with Gasteiger partial charge in [0.15, 0.2) is 0 Å². The maximum atomic E-state index is 11.5. The zero-order valence-corrected chi connectivity index (χ0v) is 11.4. The van der Waals surface area contributed by atoms with E-state index in [1.807, 2.05) is 35.7 Å². The molecular formula is C13H10N2O2S2. The highest BCUT2D eigenvalue weighted by Gasteiger charge is 2.21. The van der Waals surface area contributed by atoms with Crippen molar-refractivity contribution in [2.75, 3.05) is 0 Å². The van der Waals surface area contributed by atoms with Crippen molar-refractivity contribution in [2.45, 2.75) is 12.3 Å². The molecule has 0 fully saturated rings. The smallest absolute Gasteiger partial charge is 0.311 e. The third kappa shape index (κ3) is 2.50.